The van der Waals surface area contributed by atoms with Crippen LogP contribution in [-0.4, -0.2) is 76.3 Å². The van der Waals surface area contributed by atoms with Crippen LogP contribution >= 0.6 is 0 Å². The number of hydrogen-bond donors (Lipinski definition) is 2. The van der Waals surface area contributed by atoms with Gasteiger partial charge in [0.1, 0.15) is 23.4 Å². The van der Waals surface area contributed by atoms with Crippen LogP contribution in [0.5, 0.6) is 11.5 Å². The molecule has 10 nitrogen and oxygen atoms in total. The van der Waals surface area contributed by atoms with Gasteiger partial charge >= 0.3 is 5.97 Å². The highest BCUT2D eigenvalue weighted by Gasteiger charge is 2.51. The van der Waals surface area contributed by atoms with Crippen LogP contribution in [0.4, 0.5) is 0 Å². The van der Waals surface area contributed by atoms with Crippen LogP contribution < -0.4 is 9.47 Å². The molecular formula is C31H33N5O5. The van der Waals surface area contributed by atoms with E-state index in [4.69, 9.17) is 19.3 Å². The normalized spacial score (nSPS) is 25.0. The van der Waals surface area contributed by atoms with Gasteiger partial charge in [0, 0.05) is 66.2 Å². The fourth-order valence-electron chi connectivity index (χ4n) is 6.74. The third-order valence-corrected chi connectivity index (χ3v) is 9.09. The summed E-state index contributed by atoms with van der Waals surface area (Å²) in [5.41, 5.74) is 4.01. The van der Waals surface area contributed by atoms with Crippen molar-refractivity contribution in [1.82, 2.24) is 19.7 Å². The highest BCUT2D eigenvalue weighted by Crippen LogP contribution is 2.53. The first kappa shape index (κ1) is 25.9. The van der Waals surface area contributed by atoms with Gasteiger partial charge in [0.25, 0.3) is 0 Å². The Labute approximate surface area is 237 Å². The van der Waals surface area contributed by atoms with Gasteiger partial charge in [-0.2, -0.15) is 10.4 Å². The summed E-state index contributed by atoms with van der Waals surface area (Å²) >= 11 is 0. The monoisotopic (exact) mass is 555 g/mol. The number of nitriles is 1. The van der Waals surface area contributed by atoms with Crippen LogP contribution in [0, 0.1) is 30.1 Å². The number of aliphatic carboxylic acids is 1. The molecule has 3 atom stereocenters. The van der Waals surface area contributed by atoms with E-state index >= 15 is 0 Å². The van der Waals surface area contributed by atoms with Crippen LogP contribution in [0.2, 0.25) is 0 Å². The van der Waals surface area contributed by atoms with Crippen molar-refractivity contribution in [2.45, 2.75) is 44.4 Å². The molecule has 1 saturated heterocycles. The minimum atomic E-state index is -0.802. The zero-order valence-corrected chi connectivity index (χ0v) is 23.2. The lowest BCUT2D eigenvalue weighted by atomic mass is 9.87. The maximum Gasteiger partial charge on any atom is 0.306 e. The number of carboxylic acid groups (broad SMARTS) is 1. The molecular weight excluding hydrogens is 522 g/mol. The van der Waals surface area contributed by atoms with Crippen molar-refractivity contribution in [3.63, 3.8) is 0 Å². The Bertz CT molecular complexity index is 1670. The number of H-pyrrole nitrogens is 1. The summed E-state index contributed by atoms with van der Waals surface area (Å²) in [7, 11) is 1.64. The number of morpholine rings is 1. The van der Waals surface area contributed by atoms with E-state index in [2.05, 4.69) is 16.0 Å². The number of hydrogen-bond acceptors (Lipinski definition) is 7. The smallest absolute Gasteiger partial charge is 0.306 e. The first-order chi connectivity index (χ1) is 20.0. The van der Waals surface area contributed by atoms with E-state index in [9.17, 15) is 15.2 Å². The molecule has 3 heterocycles. The lowest BCUT2D eigenvalue weighted by molar-refractivity contribution is -0.139. The maximum absolute atomic E-state index is 12.0. The Hall–Kier alpha value is -4.07. The molecule has 0 bridgehead atoms. The molecule has 2 aliphatic carbocycles. The molecule has 4 aromatic rings. The zero-order valence-electron chi connectivity index (χ0n) is 23.2. The summed E-state index contributed by atoms with van der Waals surface area (Å²) in [5, 5.41) is 26.7. The first-order valence-electron chi connectivity index (χ1n) is 14.2. The number of methoxy groups -OCH3 is 1. The number of carbonyl (C=O) groups is 1. The number of carboxylic acids is 1. The number of benzene rings is 2. The fraction of sp³-hybridized carbons (Fsp3) is 0.452. The predicted octanol–water partition coefficient (Wildman–Crippen LogP) is 4.26. The molecule has 212 valence electrons. The van der Waals surface area contributed by atoms with Crippen LogP contribution in [0.1, 0.15) is 42.0 Å². The molecule has 0 radical (unpaired) electrons. The van der Waals surface area contributed by atoms with Gasteiger partial charge in [0.15, 0.2) is 5.75 Å². The second-order valence-electron chi connectivity index (χ2n) is 11.5. The van der Waals surface area contributed by atoms with Gasteiger partial charge in [-0.1, -0.05) is 0 Å². The molecule has 10 heteroatoms. The van der Waals surface area contributed by atoms with Crippen LogP contribution in [0.25, 0.3) is 21.8 Å². The summed E-state index contributed by atoms with van der Waals surface area (Å²) in [4.78, 5) is 17.8. The lowest BCUT2D eigenvalue weighted by Crippen LogP contribution is -2.52. The molecule has 2 aromatic carbocycles. The summed E-state index contributed by atoms with van der Waals surface area (Å²) in [6.45, 7) is 5.44. The first-order valence-corrected chi connectivity index (χ1v) is 14.2. The van der Waals surface area contributed by atoms with Crippen molar-refractivity contribution in [3.8, 4) is 17.6 Å². The molecule has 1 aliphatic heterocycles. The number of nitrogens with one attached hydrogen (secondary N) is 1. The van der Waals surface area contributed by atoms with E-state index in [0.29, 0.717) is 35.0 Å². The predicted molar refractivity (Wildman–Crippen MR) is 151 cm³/mol. The van der Waals surface area contributed by atoms with Crippen molar-refractivity contribution in [1.29, 1.82) is 5.26 Å². The molecule has 2 saturated carbocycles. The quantitative estimate of drug-likeness (QED) is 0.330. The summed E-state index contributed by atoms with van der Waals surface area (Å²) in [6, 6.07) is 10.1. The highest BCUT2D eigenvalue weighted by atomic mass is 16.5. The van der Waals surface area contributed by atoms with Crippen molar-refractivity contribution in [2.24, 2.45) is 11.8 Å². The molecule has 0 spiro atoms. The molecule has 3 aliphatic rings. The van der Waals surface area contributed by atoms with E-state index < -0.39 is 11.9 Å². The van der Waals surface area contributed by atoms with Crippen LogP contribution in [0.15, 0.2) is 36.7 Å². The average molecular weight is 556 g/mol. The second kappa shape index (κ2) is 10.1. The Morgan fingerprint density at radius 3 is 2.76 bits per heavy atom. The number of nitrogens with zero attached hydrogens (tertiary/aromatic N) is 4. The van der Waals surface area contributed by atoms with Crippen molar-refractivity contribution in [3.05, 3.63) is 53.3 Å². The number of aromatic amines is 1. The third-order valence-electron chi connectivity index (χ3n) is 9.09. The van der Waals surface area contributed by atoms with Crippen LogP contribution in [-0.2, 0) is 9.53 Å². The summed E-state index contributed by atoms with van der Waals surface area (Å²) in [6.07, 6.45) is 6.21. The number of aryl methyl sites for hydroxylation is 1. The Morgan fingerprint density at radius 2 is 2.05 bits per heavy atom. The van der Waals surface area contributed by atoms with Crippen molar-refractivity contribution < 1.29 is 24.1 Å². The SMILES string of the molecule is COc1cc(C)c2[nH]ccc2c1C(C1CC1C(=O)O)n1cc2ccc(C#N)c(OC3CC(N4CCOCC4)C3)c2n1. The number of ether oxygens (including phenoxy) is 3. The van der Waals surface area contributed by atoms with E-state index in [1.54, 1.807) is 13.2 Å². The summed E-state index contributed by atoms with van der Waals surface area (Å²) in [5.74, 6) is -0.222. The van der Waals surface area contributed by atoms with E-state index in [1.807, 2.05) is 42.2 Å². The molecule has 0 amide bonds. The Morgan fingerprint density at radius 1 is 1.24 bits per heavy atom. The van der Waals surface area contributed by atoms with Gasteiger partial charge in [0.2, 0.25) is 0 Å². The molecule has 3 fully saturated rings. The fourth-order valence-corrected chi connectivity index (χ4v) is 6.74. The largest absolute Gasteiger partial charge is 0.496 e. The van der Waals surface area contributed by atoms with E-state index in [0.717, 1.165) is 66.6 Å². The van der Waals surface area contributed by atoms with Gasteiger partial charge in [-0.15, -0.1) is 0 Å². The third kappa shape index (κ3) is 4.40. The van der Waals surface area contributed by atoms with Gasteiger partial charge in [-0.25, -0.2) is 0 Å². The van der Waals surface area contributed by atoms with Crippen LogP contribution in [0.3, 0.4) is 0 Å². The standard InChI is InChI=1S/C31H33N5O5/c1-17-11-25(39-2)26(22-5-6-33-27(17)22)29(23-14-24(23)31(37)38)36-16-19-4-3-18(15-32)30(28(19)34-36)41-21-12-20(13-21)35-7-9-40-10-8-35/h3-6,11,16,20-21,23-24,29,33H,7-10,12-14H2,1-2H3,(H,37,38). The topological polar surface area (TPSA) is 126 Å². The lowest BCUT2D eigenvalue weighted by Gasteiger charge is -2.44. The minimum absolute atomic E-state index is 0.0120. The maximum atomic E-state index is 12.0. The highest BCUT2D eigenvalue weighted by molar-refractivity contribution is 5.90. The molecule has 41 heavy (non-hydrogen) atoms. The zero-order chi connectivity index (χ0) is 28.2. The Balaban J connectivity index is 1.28. The molecule has 7 rings (SSSR count). The number of rotatable bonds is 8. The van der Waals surface area contributed by atoms with Gasteiger partial charge in [-0.3, -0.25) is 14.4 Å². The minimum Gasteiger partial charge on any atom is -0.496 e. The number of fused-ring (bicyclic) bond motifs is 2. The van der Waals surface area contributed by atoms with Gasteiger partial charge in [0.05, 0.1) is 37.8 Å². The molecule has 2 aromatic heterocycles. The molecule has 3 unspecified atom stereocenters. The second-order valence-corrected chi connectivity index (χ2v) is 11.5. The van der Waals surface area contributed by atoms with Gasteiger partial charge in [-0.05, 0) is 49.1 Å². The van der Waals surface area contributed by atoms with Crippen molar-refractivity contribution >= 4 is 27.8 Å². The number of aromatic nitrogens is 3. The molecule has 2 N–H and O–H groups in total. The van der Waals surface area contributed by atoms with E-state index in [1.165, 1.54) is 0 Å². The Kier molecular flexibility index (Phi) is 6.36. The average Bonchev–Trinajstić information content (AvgIpc) is 3.37. The van der Waals surface area contributed by atoms with Crippen molar-refractivity contribution in [2.75, 3.05) is 33.4 Å². The van der Waals surface area contributed by atoms with Gasteiger partial charge < -0.3 is 24.3 Å². The van der Waals surface area contributed by atoms with E-state index in [-0.39, 0.29) is 18.1 Å². The summed E-state index contributed by atoms with van der Waals surface area (Å²) < 4.78 is 19.7.